The third-order valence-electron chi connectivity index (χ3n) is 4.04. The normalized spacial score (nSPS) is 32.8. The second-order valence-electron chi connectivity index (χ2n) is 5.16. The molecule has 2 fully saturated rings. The van der Waals surface area contributed by atoms with Gasteiger partial charge in [0.1, 0.15) is 0 Å². The lowest BCUT2D eigenvalue weighted by Crippen LogP contribution is -2.42. The first kappa shape index (κ1) is 11.4. The van der Waals surface area contributed by atoms with E-state index in [-0.39, 0.29) is 18.6 Å². The first-order valence-corrected chi connectivity index (χ1v) is 6.06. The highest BCUT2D eigenvalue weighted by molar-refractivity contribution is 4.87. The number of rotatable bonds is 2. The van der Waals surface area contributed by atoms with Crippen LogP contribution in [0.4, 0.5) is 0 Å². The zero-order valence-corrected chi connectivity index (χ0v) is 9.58. The molecule has 0 saturated carbocycles. The van der Waals surface area contributed by atoms with Crippen molar-refractivity contribution in [3.8, 4) is 0 Å². The number of aliphatic hydroxyl groups excluding tert-OH is 1. The lowest BCUT2D eigenvalue weighted by atomic mass is 9.74. The molecule has 2 heterocycles. The summed E-state index contributed by atoms with van der Waals surface area (Å²) in [4.78, 5) is 0. The molecule has 3 heteroatoms. The third kappa shape index (κ3) is 2.52. The van der Waals surface area contributed by atoms with Gasteiger partial charge >= 0.3 is 0 Å². The molecule has 1 N–H and O–H groups in total. The largest absolute Gasteiger partial charge is 0.396 e. The maximum absolute atomic E-state index is 9.09. The molecule has 88 valence electrons. The van der Waals surface area contributed by atoms with E-state index in [0.29, 0.717) is 5.41 Å². The van der Waals surface area contributed by atoms with Crippen LogP contribution in [0.1, 0.15) is 32.6 Å². The van der Waals surface area contributed by atoms with E-state index in [1.54, 1.807) is 0 Å². The monoisotopic (exact) mass is 214 g/mol. The Morgan fingerprint density at radius 1 is 1.33 bits per heavy atom. The minimum absolute atomic E-state index is 0.237. The minimum Gasteiger partial charge on any atom is -0.396 e. The van der Waals surface area contributed by atoms with Gasteiger partial charge in [0, 0.05) is 25.7 Å². The van der Waals surface area contributed by atoms with Gasteiger partial charge in [-0.05, 0) is 31.1 Å². The molecule has 0 amide bonds. The highest BCUT2D eigenvalue weighted by Gasteiger charge is 2.38. The maximum Gasteiger partial charge on any atom is 0.0623 e. The van der Waals surface area contributed by atoms with Gasteiger partial charge in [0.05, 0.1) is 12.7 Å². The van der Waals surface area contributed by atoms with Crippen LogP contribution in [0.3, 0.4) is 0 Å². The highest BCUT2D eigenvalue weighted by Crippen LogP contribution is 2.40. The molecule has 0 radical (unpaired) electrons. The van der Waals surface area contributed by atoms with E-state index in [1.165, 1.54) is 6.42 Å². The number of hydrogen-bond donors (Lipinski definition) is 1. The van der Waals surface area contributed by atoms with Crippen molar-refractivity contribution in [1.29, 1.82) is 0 Å². The van der Waals surface area contributed by atoms with E-state index in [0.717, 1.165) is 39.1 Å². The summed E-state index contributed by atoms with van der Waals surface area (Å²) in [6, 6.07) is 0. The smallest absolute Gasteiger partial charge is 0.0623 e. The SMILES string of the molecule is C[C@H](CO)C1CCC2(CCOCC2)CO1. The standard InChI is InChI=1S/C12H22O3/c1-10(8-13)11-2-3-12(9-15-11)4-6-14-7-5-12/h10-11,13H,2-9H2,1H3/t10-,11?/m1/s1. The van der Waals surface area contributed by atoms with Gasteiger partial charge in [0.25, 0.3) is 0 Å². The lowest BCUT2D eigenvalue weighted by Gasteiger charge is -2.43. The van der Waals surface area contributed by atoms with Crippen LogP contribution in [-0.2, 0) is 9.47 Å². The van der Waals surface area contributed by atoms with E-state index in [1.807, 2.05) is 0 Å². The Bertz CT molecular complexity index is 189. The Kier molecular flexibility index (Phi) is 3.65. The van der Waals surface area contributed by atoms with Crippen molar-refractivity contribution < 1.29 is 14.6 Å². The molecule has 2 atom stereocenters. The quantitative estimate of drug-likeness (QED) is 0.758. The molecule has 1 spiro atoms. The summed E-state index contributed by atoms with van der Waals surface area (Å²) in [5.74, 6) is 0.280. The van der Waals surface area contributed by atoms with E-state index in [4.69, 9.17) is 14.6 Å². The van der Waals surface area contributed by atoms with Crippen molar-refractivity contribution in [3.63, 3.8) is 0 Å². The van der Waals surface area contributed by atoms with Gasteiger partial charge in [0.15, 0.2) is 0 Å². The van der Waals surface area contributed by atoms with E-state index in [9.17, 15) is 0 Å². The zero-order valence-electron chi connectivity index (χ0n) is 9.58. The second kappa shape index (κ2) is 4.81. The van der Waals surface area contributed by atoms with Crippen LogP contribution in [0, 0.1) is 11.3 Å². The number of hydrogen-bond acceptors (Lipinski definition) is 3. The van der Waals surface area contributed by atoms with Gasteiger partial charge in [-0.3, -0.25) is 0 Å². The van der Waals surface area contributed by atoms with E-state index < -0.39 is 0 Å². The molecule has 15 heavy (non-hydrogen) atoms. The average molecular weight is 214 g/mol. The first-order valence-electron chi connectivity index (χ1n) is 6.06. The molecule has 0 aromatic heterocycles. The fourth-order valence-corrected chi connectivity index (χ4v) is 2.65. The molecular formula is C12H22O3. The molecule has 2 aliphatic rings. The Morgan fingerprint density at radius 2 is 2.07 bits per heavy atom. The molecule has 0 aliphatic carbocycles. The molecule has 2 rings (SSSR count). The molecule has 0 aromatic rings. The van der Waals surface area contributed by atoms with Gasteiger partial charge < -0.3 is 14.6 Å². The second-order valence-corrected chi connectivity index (χ2v) is 5.16. The molecule has 0 bridgehead atoms. The Morgan fingerprint density at radius 3 is 2.60 bits per heavy atom. The number of aliphatic hydroxyl groups is 1. The van der Waals surface area contributed by atoms with Crippen molar-refractivity contribution in [2.45, 2.75) is 38.7 Å². The fraction of sp³-hybridized carbons (Fsp3) is 1.00. The van der Waals surface area contributed by atoms with Crippen molar-refractivity contribution in [1.82, 2.24) is 0 Å². The minimum atomic E-state index is 0.237. The summed E-state index contributed by atoms with van der Waals surface area (Å²) < 4.78 is 11.3. The Balaban J connectivity index is 1.85. The predicted molar refractivity (Wildman–Crippen MR) is 57.7 cm³/mol. The van der Waals surface area contributed by atoms with E-state index in [2.05, 4.69) is 6.92 Å². The summed E-state index contributed by atoms with van der Waals surface area (Å²) >= 11 is 0. The van der Waals surface area contributed by atoms with Crippen LogP contribution < -0.4 is 0 Å². The van der Waals surface area contributed by atoms with Crippen molar-refractivity contribution in [3.05, 3.63) is 0 Å². The fourth-order valence-electron chi connectivity index (χ4n) is 2.65. The predicted octanol–water partition coefficient (Wildman–Crippen LogP) is 1.59. The van der Waals surface area contributed by atoms with Crippen LogP contribution in [0.5, 0.6) is 0 Å². The molecule has 2 saturated heterocycles. The molecule has 3 nitrogen and oxygen atoms in total. The van der Waals surface area contributed by atoms with Gasteiger partial charge in [0.2, 0.25) is 0 Å². The van der Waals surface area contributed by atoms with Crippen molar-refractivity contribution in [2.75, 3.05) is 26.4 Å². The highest BCUT2D eigenvalue weighted by atomic mass is 16.5. The van der Waals surface area contributed by atoms with Crippen molar-refractivity contribution in [2.24, 2.45) is 11.3 Å². The first-order chi connectivity index (χ1) is 7.26. The van der Waals surface area contributed by atoms with Gasteiger partial charge in [-0.15, -0.1) is 0 Å². The van der Waals surface area contributed by atoms with Crippen LogP contribution in [-0.4, -0.2) is 37.6 Å². The summed E-state index contributed by atoms with van der Waals surface area (Å²) in [5, 5.41) is 9.09. The summed E-state index contributed by atoms with van der Waals surface area (Å²) in [5.41, 5.74) is 0.393. The van der Waals surface area contributed by atoms with Gasteiger partial charge in [-0.1, -0.05) is 6.92 Å². The Hall–Kier alpha value is -0.120. The van der Waals surface area contributed by atoms with Crippen LogP contribution in [0.25, 0.3) is 0 Å². The molecule has 0 aromatic carbocycles. The van der Waals surface area contributed by atoms with Crippen molar-refractivity contribution >= 4 is 0 Å². The maximum atomic E-state index is 9.09. The van der Waals surface area contributed by atoms with Gasteiger partial charge in [-0.2, -0.15) is 0 Å². The average Bonchev–Trinajstić information content (AvgIpc) is 2.30. The van der Waals surface area contributed by atoms with Crippen LogP contribution >= 0.6 is 0 Å². The van der Waals surface area contributed by atoms with E-state index >= 15 is 0 Å². The summed E-state index contributed by atoms with van der Waals surface area (Å²) in [7, 11) is 0. The third-order valence-corrected chi connectivity index (χ3v) is 4.04. The molecule has 2 aliphatic heterocycles. The summed E-state index contributed by atoms with van der Waals surface area (Å²) in [6.45, 7) is 4.95. The zero-order chi connectivity index (χ0) is 10.7. The topological polar surface area (TPSA) is 38.7 Å². The number of ether oxygens (including phenoxy) is 2. The molecular weight excluding hydrogens is 192 g/mol. The summed E-state index contributed by atoms with van der Waals surface area (Å²) in [6.07, 6.45) is 4.90. The van der Waals surface area contributed by atoms with Crippen LogP contribution in [0.2, 0.25) is 0 Å². The lowest BCUT2D eigenvalue weighted by molar-refractivity contribution is -0.123. The van der Waals surface area contributed by atoms with Crippen LogP contribution in [0.15, 0.2) is 0 Å². The molecule has 1 unspecified atom stereocenters. The van der Waals surface area contributed by atoms with Gasteiger partial charge in [-0.25, -0.2) is 0 Å². The Labute approximate surface area is 91.8 Å².